The maximum atomic E-state index is 13.1. The van der Waals surface area contributed by atoms with Gasteiger partial charge in [-0.2, -0.15) is 0 Å². The molecule has 1 aliphatic rings. The number of benzene rings is 2. The number of fused-ring (bicyclic) bond motifs is 1. The summed E-state index contributed by atoms with van der Waals surface area (Å²) in [4.78, 5) is 13.1. The normalized spacial score (nSPS) is 15.8. The molecule has 0 aromatic heterocycles. The fraction of sp³-hybridized carbons (Fsp3) is 0.350. The third kappa shape index (κ3) is 3.03. The zero-order valence-electron chi connectivity index (χ0n) is 15.3. The molecule has 0 aliphatic carbocycles. The maximum absolute atomic E-state index is 13.1. The van der Waals surface area contributed by atoms with E-state index in [1.54, 1.807) is 12.1 Å². The first-order chi connectivity index (χ1) is 12.5. The quantitative estimate of drug-likeness (QED) is 0.885. The molecule has 1 atom stereocenters. The number of carbonyl (C=O) groups excluding carboxylic acids is 1. The van der Waals surface area contributed by atoms with E-state index in [9.17, 15) is 9.90 Å². The van der Waals surface area contributed by atoms with Crippen molar-refractivity contribution in [2.45, 2.75) is 13.3 Å². The average molecular weight is 358 g/mol. The molecule has 26 heavy (non-hydrogen) atoms. The summed E-state index contributed by atoms with van der Waals surface area (Å²) in [6.45, 7) is 2.08. The number of hydrogen-bond acceptors (Lipinski definition) is 6. The van der Waals surface area contributed by atoms with Crippen molar-refractivity contribution < 1.29 is 28.8 Å². The van der Waals surface area contributed by atoms with Crippen LogP contribution in [0, 0.1) is 12.8 Å². The molecule has 0 radical (unpaired) electrons. The van der Waals surface area contributed by atoms with Crippen molar-refractivity contribution >= 4 is 5.78 Å². The summed E-state index contributed by atoms with van der Waals surface area (Å²) in [5.41, 5.74) is 2.03. The van der Waals surface area contributed by atoms with Crippen LogP contribution in [0.4, 0.5) is 0 Å². The zero-order chi connectivity index (χ0) is 18.8. The number of hydrogen-bond donors (Lipinski definition) is 1. The Bertz CT molecular complexity index is 843. The zero-order valence-corrected chi connectivity index (χ0v) is 15.3. The highest BCUT2D eigenvalue weighted by Crippen LogP contribution is 2.47. The summed E-state index contributed by atoms with van der Waals surface area (Å²) in [6, 6.07) is 7.07. The summed E-state index contributed by atoms with van der Waals surface area (Å²) in [5.74, 6) is 1.30. The Labute approximate surface area is 152 Å². The van der Waals surface area contributed by atoms with Gasteiger partial charge in [-0.25, -0.2) is 0 Å². The van der Waals surface area contributed by atoms with Crippen molar-refractivity contribution in [2.24, 2.45) is 5.92 Å². The number of carbonyl (C=O) groups is 1. The number of aromatic hydroxyl groups is 1. The number of phenolic OH excluding ortho intramolecular Hbond substituents is 1. The van der Waals surface area contributed by atoms with Crippen molar-refractivity contribution in [1.82, 2.24) is 0 Å². The fourth-order valence-electron chi connectivity index (χ4n) is 3.17. The highest BCUT2D eigenvalue weighted by atomic mass is 16.5. The number of methoxy groups -OCH3 is 3. The van der Waals surface area contributed by atoms with Gasteiger partial charge >= 0.3 is 0 Å². The van der Waals surface area contributed by atoms with Crippen LogP contribution >= 0.6 is 0 Å². The first kappa shape index (κ1) is 17.9. The van der Waals surface area contributed by atoms with Crippen molar-refractivity contribution in [1.29, 1.82) is 0 Å². The van der Waals surface area contributed by atoms with Crippen LogP contribution in [0.5, 0.6) is 28.7 Å². The van der Waals surface area contributed by atoms with E-state index in [0.29, 0.717) is 35.0 Å². The monoisotopic (exact) mass is 358 g/mol. The smallest absolute Gasteiger partial charge is 0.204 e. The molecule has 0 spiro atoms. The second kappa shape index (κ2) is 7.15. The van der Waals surface area contributed by atoms with Gasteiger partial charge in [-0.15, -0.1) is 0 Å². The predicted molar refractivity (Wildman–Crippen MR) is 96.0 cm³/mol. The van der Waals surface area contributed by atoms with Crippen molar-refractivity contribution in [3.8, 4) is 28.7 Å². The van der Waals surface area contributed by atoms with Gasteiger partial charge in [-0.1, -0.05) is 12.1 Å². The number of aryl methyl sites for hydroxylation is 1. The van der Waals surface area contributed by atoms with Crippen molar-refractivity contribution in [3.05, 3.63) is 41.0 Å². The lowest BCUT2D eigenvalue weighted by Gasteiger charge is -2.27. The Morgan fingerprint density at radius 1 is 1.12 bits per heavy atom. The van der Waals surface area contributed by atoms with Gasteiger partial charge in [0.2, 0.25) is 5.75 Å². The van der Waals surface area contributed by atoms with Crippen LogP contribution in [0.3, 0.4) is 0 Å². The standard InChI is InChI=1S/C20H22O6/c1-11-5-6-12(8-14(11)21)7-13-10-26-15-9-16(23-2)19(24-3)20(25-4)17(15)18(13)22/h5-6,8-9,13,21H,7,10H2,1-4H3. The van der Waals surface area contributed by atoms with E-state index < -0.39 is 0 Å². The third-order valence-electron chi connectivity index (χ3n) is 4.61. The second-order valence-corrected chi connectivity index (χ2v) is 6.22. The van der Waals surface area contributed by atoms with E-state index in [-0.39, 0.29) is 24.1 Å². The van der Waals surface area contributed by atoms with Gasteiger partial charge in [0.05, 0.1) is 33.9 Å². The third-order valence-corrected chi connectivity index (χ3v) is 4.61. The van der Waals surface area contributed by atoms with Crippen molar-refractivity contribution in [3.63, 3.8) is 0 Å². The van der Waals surface area contributed by atoms with Gasteiger partial charge in [-0.3, -0.25) is 4.79 Å². The first-order valence-electron chi connectivity index (χ1n) is 8.28. The largest absolute Gasteiger partial charge is 0.508 e. The second-order valence-electron chi connectivity index (χ2n) is 6.22. The molecule has 0 fully saturated rings. The maximum Gasteiger partial charge on any atom is 0.204 e. The highest BCUT2D eigenvalue weighted by molar-refractivity contribution is 6.05. The van der Waals surface area contributed by atoms with Crippen LogP contribution < -0.4 is 18.9 Å². The minimum atomic E-state index is -0.378. The lowest BCUT2D eigenvalue weighted by Crippen LogP contribution is -2.30. The molecule has 6 nitrogen and oxygen atoms in total. The summed E-state index contributed by atoms with van der Waals surface area (Å²) in [6.07, 6.45) is 0.462. The van der Waals surface area contributed by atoms with Crippen LogP contribution in [-0.4, -0.2) is 38.8 Å². The fourth-order valence-corrected chi connectivity index (χ4v) is 3.17. The summed E-state index contributed by atoms with van der Waals surface area (Å²) < 4.78 is 21.9. The summed E-state index contributed by atoms with van der Waals surface area (Å²) in [7, 11) is 4.49. The lowest BCUT2D eigenvalue weighted by molar-refractivity contribution is 0.0823. The molecule has 1 unspecified atom stereocenters. The van der Waals surface area contributed by atoms with Gasteiger partial charge in [0, 0.05) is 6.07 Å². The molecule has 2 aromatic carbocycles. The van der Waals surface area contributed by atoms with Crippen LogP contribution in [0.15, 0.2) is 24.3 Å². The number of rotatable bonds is 5. The minimum Gasteiger partial charge on any atom is -0.508 e. The van der Waals surface area contributed by atoms with Crippen molar-refractivity contribution in [2.75, 3.05) is 27.9 Å². The molecular formula is C20H22O6. The Morgan fingerprint density at radius 3 is 2.46 bits per heavy atom. The Morgan fingerprint density at radius 2 is 1.85 bits per heavy atom. The van der Waals surface area contributed by atoms with E-state index in [0.717, 1.165) is 11.1 Å². The van der Waals surface area contributed by atoms with Gasteiger partial charge in [0.15, 0.2) is 17.3 Å². The van der Waals surface area contributed by atoms with E-state index in [1.165, 1.54) is 21.3 Å². The van der Waals surface area contributed by atoms with Crippen LogP contribution in [0.1, 0.15) is 21.5 Å². The van der Waals surface area contributed by atoms with E-state index >= 15 is 0 Å². The topological polar surface area (TPSA) is 74.2 Å². The highest BCUT2D eigenvalue weighted by Gasteiger charge is 2.35. The summed E-state index contributed by atoms with van der Waals surface area (Å²) >= 11 is 0. The number of ether oxygens (including phenoxy) is 4. The SMILES string of the molecule is COc1cc2c(c(OC)c1OC)C(=O)C(Cc1ccc(C)c(O)c1)CO2. The summed E-state index contributed by atoms with van der Waals surface area (Å²) in [5, 5.41) is 9.89. The van der Waals surface area contributed by atoms with E-state index in [1.807, 2.05) is 19.1 Å². The van der Waals surface area contributed by atoms with Crippen LogP contribution in [0.2, 0.25) is 0 Å². The first-order valence-corrected chi connectivity index (χ1v) is 8.28. The molecule has 0 saturated heterocycles. The molecule has 1 aliphatic heterocycles. The van der Waals surface area contributed by atoms with E-state index in [4.69, 9.17) is 18.9 Å². The van der Waals surface area contributed by atoms with Gasteiger partial charge in [-0.05, 0) is 30.5 Å². The number of phenols is 1. The van der Waals surface area contributed by atoms with E-state index in [2.05, 4.69) is 0 Å². The van der Waals surface area contributed by atoms with Crippen LogP contribution in [0.25, 0.3) is 0 Å². The Balaban J connectivity index is 1.97. The minimum absolute atomic E-state index is 0.0795. The molecule has 1 heterocycles. The van der Waals surface area contributed by atoms with Gasteiger partial charge < -0.3 is 24.1 Å². The Hall–Kier alpha value is -2.89. The molecule has 138 valence electrons. The predicted octanol–water partition coefficient (Wildman–Crippen LogP) is 3.16. The molecule has 2 aromatic rings. The Kier molecular flexibility index (Phi) is 4.93. The molecule has 1 N–H and O–H groups in total. The number of Topliss-reactive ketones (excluding diaryl/α,β-unsaturated/α-hetero) is 1. The van der Waals surface area contributed by atoms with Crippen LogP contribution in [-0.2, 0) is 6.42 Å². The molecule has 0 amide bonds. The molecule has 0 bridgehead atoms. The molecular weight excluding hydrogens is 336 g/mol. The average Bonchev–Trinajstić information content (AvgIpc) is 2.65. The molecule has 6 heteroatoms. The molecule has 0 saturated carbocycles. The van der Waals surface area contributed by atoms with Gasteiger partial charge in [0.25, 0.3) is 0 Å². The van der Waals surface area contributed by atoms with Gasteiger partial charge in [0.1, 0.15) is 17.1 Å². The molecule has 3 rings (SSSR count). The number of ketones is 1. The lowest BCUT2D eigenvalue weighted by atomic mass is 9.88.